The molecule has 1 aromatic rings. The summed E-state index contributed by atoms with van der Waals surface area (Å²) in [5, 5.41) is 3.28. The molecule has 1 unspecified atom stereocenters. The lowest BCUT2D eigenvalue weighted by atomic mass is 9.83. The van der Waals surface area contributed by atoms with Crippen LogP contribution in [0.3, 0.4) is 0 Å². The molecule has 180 valence electrons. The van der Waals surface area contributed by atoms with Crippen molar-refractivity contribution in [3.05, 3.63) is 52.2 Å². The normalized spacial score (nSPS) is 23.5. The summed E-state index contributed by atoms with van der Waals surface area (Å²) in [6.07, 6.45) is 4.09. The molecular formula is C27H37ClN2O3. The zero-order valence-corrected chi connectivity index (χ0v) is 21.0. The van der Waals surface area contributed by atoms with Crippen molar-refractivity contribution < 1.29 is 14.3 Å². The second-order valence-electron chi connectivity index (χ2n) is 9.90. The van der Waals surface area contributed by atoms with E-state index < -0.39 is 0 Å². The Morgan fingerprint density at radius 1 is 1.15 bits per heavy atom. The van der Waals surface area contributed by atoms with Crippen molar-refractivity contribution in [2.75, 3.05) is 13.2 Å². The number of hydrogen-bond acceptors (Lipinski definition) is 5. The van der Waals surface area contributed by atoms with Gasteiger partial charge in [0.05, 0.1) is 18.2 Å². The van der Waals surface area contributed by atoms with E-state index >= 15 is 0 Å². The third-order valence-electron chi connectivity index (χ3n) is 6.75. The topological polar surface area (TPSA) is 81.4 Å². The minimum atomic E-state index is -0.296. The highest BCUT2D eigenvalue weighted by Gasteiger charge is 2.33. The number of dihydropyridines is 1. The van der Waals surface area contributed by atoms with Crippen molar-refractivity contribution in [1.82, 2.24) is 5.32 Å². The van der Waals surface area contributed by atoms with Gasteiger partial charge in [-0.1, -0.05) is 43.7 Å². The van der Waals surface area contributed by atoms with Crippen LogP contribution in [0.1, 0.15) is 64.0 Å². The van der Waals surface area contributed by atoms with Gasteiger partial charge in [-0.05, 0) is 80.5 Å². The third-order valence-corrected chi connectivity index (χ3v) is 7.06. The lowest BCUT2D eigenvalue weighted by Gasteiger charge is -2.33. The van der Waals surface area contributed by atoms with Gasteiger partial charge < -0.3 is 15.8 Å². The number of nitrogens with one attached hydrogen (secondary N) is 1. The van der Waals surface area contributed by atoms with Gasteiger partial charge in [-0.2, -0.15) is 0 Å². The van der Waals surface area contributed by atoms with Crippen LogP contribution in [-0.4, -0.2) is 30.4 Å². The van der Waals surface area contributed by atoms with E-state index in [0.29, 0.717) is 24.6 Å². The molecule has 1 fully saturated rings. The Morgan fingerprint density at radius 3 is 2.33 bits per heavy atom. The Kier molecular flexibility index (Phi) is 8.77. The number of halogens is 1. The Labute approximate surface area is 202 Å². The fourth-order valence-electron chi connectivity index (χ4n) is 4.92. The highest BCUT2D eigenvalue weighted by molar-refractivity contribution is 6.63. The van der Waals surface area contributed by atoms with Gasteiger partial charge in [0.25, 0.3) is 0 Å². The maximum absolute atomic E-state index is 13.4. The molecule has 3 rings (SSSR count). The van der Waals surface area contributed by atoms with E-state index in [2.05, 4.69) is 50.4 Å². The molecule has 1 aliphatic heterocycles. The minimum absolute atomic E-state index is 0.0614. The SMILES string of the molecule is Cc1ccc(C2=C(C(=O)OCC3CCC(C(=O)Cl)CC3)C(C)NC(CC(C)C)=C2CN)cc1. The average molecular weight is 473 g/mol. The summed E-state index contributed by atoms with van der Waals surface area (Å²) in [4.78, 5) is 24.8. The first-order valence-electron chi connectivity index (χ1n) is 12.1. The molecule has 2 aliphatic rings. The van der Waals surface area contributed by atoms with Crippen LogP contribution < -0.4 is 11.1 Å². The first-order valence-corrected chi connectivity index (χ1v) is 12.5. The van der Waals surface area contributed by atoms with Crippen molar-refractivity contribution in [3.8, 4) is 0 Å². The highest BCUT2D eigenvalue weighted by atomic mass is 35.5. The highest BCUT2D eigenvalue weighted by Crippen LogP contribution is 2.36. The van der Waals surface area contributed by atoms with Crippen molar-refractivity contribution in [2.45, 2.75) is 65.8 Å². The standard InChI is InChI=1S/C27H37ClN2O3/c1-16(2)13-23-22(14-29)25(20-9-5-17(3)6-10-20)24(18(4)30-23)27(32)33-15-19-7-11-21(12-8-19)26(28)31/h5-6,9-10,16,18-19,21,30H,7-8,11-15,29H2,1-4H3. The molecule has 33 heavy (non-hydrogen) atoms. The van der Waals surface area contributed by atoms with E-state index in [1.807, 2.05) is 6.92 Å². The summed E-state index contributed by atoms with van der Waals surface area (Å²) < 4.78 is 5.85. The molecule has 1 atom stereocenters. The number of allylic oxidation sites excluding steroid dienone is 1. The number of carbonyl (C=O) groups is 2. The Morgan fingerprint density at radius 2 is 1.79 bits per heavy atom. The molecule has 6 heteroatoms. The van der Waals surface area contributed by atoms with Crippen LogP contribution >= 0.6 is 11.6 Å². The predicted molar refractivity (Wildman–Crippen MR) is 133 cm³/mol. The number of carbonyl (C=O) groups excluding carboxylic acids is 2. The molecule has 0 saturated heterocycles. The van der Waals surface area contributed by atoms with Gasteiger partial charge in [0.1, 0.15) is 0 Å². The Bertz CT molecular complexity index is 925. The molecule has 0 spiro atoms. The maximum Gasteiger partial charge on any atom is 0.336 e. The van der Waals surface area contributed by atoms with Gasteiger partial charge in [0.15, 0.2) is 0 Å². The van der Waals surface area contributed by atoms with Crippen LogP contribution in [0.25, 0.3) is 5.57 Å². The number of nitrogens with two attached hydrogens (primary N) is 1. The molecule has 0 aromatic heterocycles. The first-order chi connectivity index (χ1) is 15.7. The summed E-state index contributed by atoms with van der Waals surface area (Å²) >= 11 is 5.65. The number of benzene rings is 1. The summed E-state index contributed by atoms with van der Waals surface area (Å²) in [6, 6.07) is 8.06. The predicted octanol–water partition coefficient (Wildman–Crippen LogP) is 5.11. The number of rotatable bonds is 8. The molecule has 0 bridgehead atoms. The van der Waals surface area contributed by atoms with E-state index in [-0.39, 0.29) is 29.1 Å². The molecule has 0 amide bonds. The van der Waals surface area contributed by atoms with Gasteiger partial charge in [-0.3, -0.25) is 4.79 Å². The summed E-state index contributed by atoms with van der Waals surface area (Å²) in [7, 11) is 0. The zero-order valence-electron chi connectivity index (χ0n) is 20.2. The lowest BCUT2D eigenvalue weighted by molar-refractivity contribution is -0.141. The van der Waals surface area contributed by atoms with Gasteiger partial charge in [-0.15, -0.1) is 0 Å². The average Bonchev–Trinajstić information content (AvgIpc) is 2.77. The maximum atomic E-state index is 13.4. The number of hydrogen-bond donors (Lipinski definition) is 2. The molecule has 0 radical (unpaired) electrons. The molecule has 1 aliphatic carbocycles. The number of esters is 1. The van der Waals surface area contributed by atoms with E-state index in [0.717, 1.165) is 60.1 Å². The Hall–Kier alpha value is -2.11. The van der Waals surface area contributed by atoms with Crippen molar-refractivity contribution >= 4 is 28.4 Å². The number of aryl methyl sites for hydroxylation is 1. The lowest BCUT2D eigenvalue weighted by Crippen LogP contribution is -2.38. The number of ether oxygens (including phenoxy) is 1. The van der Waals surface area contributed by atoms with Crippen LogP contribution in [0.4, 0.5) is 0 Å². The van der Waals surface area contributed by atoms with E-state index in [4.69, 9.17) is 22.1 Å². The van der Waals surface area contributed by atoms with Gasteiger partial charge >= 0.3 is 5.97 Å². The fraction of sp³-hybridized carbons (Fsp3) is 0.556. The molecule has 1 aromatic carbocycles. The van der Waals surface area contributed by atoms with Crippen molar-refractivity contribution in [1.29, 1.82) is 0 Å². The summed E-state index contributed by atoms with van der Waals surface area (Å²) in [5.41, 5.74) is 12.0. The van der Waals surface area contributed by atoms with Crippen LogP contribution in [0, 0.1) is 24.7 Å². The van der Waals surface area contributed by atoms with Crippen molar-refractivity contribution in [3.63, 3.8) is 0 Å². The molecule has 5 nitrogen and oxygen atoms in total. The van der Waals surface area contributed by atoms with Crippen LogP contribution in [0.2, 0.25) is 0 Å². The molecular weight excluding hydrogens is 436 g/mol. The molecule has 1 heterocycles. The van der Waals surface area contributed by atoms with E-state index in [9.17, 15) is 9.59 Å². The van der Waals surface area contributed by atoms with Gasteiger partial charge in [0.2, 0.25) is 5.24 Å². The zero-order chi connectivity index (χ0) is 24.1. The molecule has 1 saturated carbocycles. The monoisotopic (exact) mass is 472 g/mol. The van der Waals surface area contributed by atoms with Crippen LogP contribution in [0.5, 0.6) is 0 Å². The second kappa shape index (κ2) is 11.3. The largest absolute Gasteiger partial charge is 0.462 e. The summed E-state index contributed by atoms with van der Waals surface area (Å²) in [5.74, 6) is 0.367. The van der Waals surface area contributed by atoms with Crippen LogP contribution in [0.15, 0.2) is 41.1 Å². The van der Waals surface area contributed by atoms with E-state index in [1.54, 1.807) is 0 Å². The first kappa shape index (κ1) is 25.5. The molecule has 3 N–H and O–H groups in total. The quantitative estimate of drug-likeness (QED) is 0.405. The van der Waals surface area contributed by atoms with Gasteiger partial charge in [-0.25, -0.2) is 4.79 Å². The van der Waals surface area contributed by atoms with Gasteiger partial charge in [0, 0.05) is 23.7 Å². The summed E-state index contributed by atoms with van der Waals surface area (Å²) in [6.45, 7) is 9.13. The fourth-order valence-corrected chi connectivity index (χ4v) is 5.14. The smallest absolute Gasteiger partial charge is 0.336 e. The van der Waals surface area contributed by atoms with Crippen LogP contribution in [-0.2, 0) is 14.3 Å². The second-order valence-corrected chi connectivity index (χ2v) is 10.3. The van der Waals surface area contributed by atoms with E-state index in [1.165, 1.54) is 0 Å². The Balaban J connectivity index is 1.89. The van der Waals surface area contributed by atoms with Crippen molar-refractivity contribution in [2.24, 2.45) is 23.5 Å². The minimum Gasteiger partial charge on any atom is -0.462 e. The third kappa shape index (κ3) is 6.27.